The predicted octanol–water partition coefficient (Wildman–Crippen LogP) is 7.40. The number of nitrogens with zero attached hydrogens (tertiary/aromatic N) is 2. The minimum atomic E-state index is 0.0970. The minimum absolute atomic E-state index is 0.0970. The fraction of sp³-hybridized carbons (Fsp3) is 0.412. The van der Waals surface area contributed by atoms with Crippen molar-refractivity contribution >= 4 is 16.9 Å². The van der Waals surface area contributed by atoms with E-state index in [2.05, 4.69) is 85.3 Å². The number of hydrogen-bond donors (Lipinski definition) is 1. The summed E-state index contributed by atoms with van der Waals surface area (Å²) in [5, 5.41) is 3.08. The van der Waals surface area contributed by atoms with Crippen LogP contribution in [0.3, 0.4) is 0 Å². The number of carbonyl (C=O) groups is 1. The maximum absolute atomic E-state index is 12.3. The van der Waals surface area contributed by atoms with Gasteiger partial charge in [0.1, 0.15) is 11.6 Å². The van der Waals surface area contributed by atoms with Crippen LogP contribution >= 0.6 is 0 Å². The molecular formula is C34H43N3O2. The molecule has 206 valence electrons. The molecule has 1 N–H and O–H groups in total. The monoisotopic (exact) mass is 525 g/mol. The highest BCUT2D eigenvalue weighted by atomic mass is 16.5. The fourth-order valence-corrected chi connectivity index (χ4v) is 4.96. The van der Waals surface area contributed by atoms with E-state index in [9.17, 15) is 4.79 Å². The first-order chi connectivity index (χ1) is 19.0. The van der Waals surface area contributed by atoms with Crippen molar-refractivity contribution in [2.45, 2.75) is 78.2 Å². The molecule has 4 aromatic rings. The number of ether oxygens (including phenoxy) is 1. The molecule has 5 heteroatoms. The largest absolute Gasteiger partial charge is 0.494 e. The second-order valence-corrected chi connectivity index (χ2v) is 10.5. The van der Waals surface area contributed by atoms with Gasteiger partial charge in [0.25, 0.3) is 0 Å². The molecule has 0 aliphatic heterocycles. The van der Waals surface area contributed by atoms with Crippen molar-refractivity contribution in [3.8, 4) is 5.75 Å². The second kappa shape index (κ2) is 14.5. The van der Waals surface area contributed by atoms with E-state index in [0.717, 1.165) is 79.8 Å². The molecule has 1 heterocycles. The maximum atomic E-state index is 12.3. The summed E-state index contributed by atoms with van der Waals surface area (Å²) in [6.07, 6.45) is 6.54. The Morgan fingerprint density at radius 1 is 0.949 bits per heavy atom. The van der Waals surface area contributed by atoms with E-state index in [1.165, 1.54) is 11.1 Å². The van der Waals surface area contributed by atoms with Crippen molar-refractivity contribution in [3.05, 3.63) is 95.3 Å². The van der Waals surface area contributed by atoms with Gasteiger partial charge in [-0.3, -0.25) is 4.79 Å². The second-order valence-electron chi connectivity index (χ2n) is 10.5. The number of unbranched alkanes of at least 4 members (excludes halogenated alkanes) is 2. The van der Waals surface area contributed by atoms with E-state index in [0.29, 0.717) is 18.9 Å². The lowest BCUT2D eigenvalue weighted by molar-refractivity contribution is -0.120. The Kier molecular flexibility index (Phi) is 10.6. The number of aromatic nitrogens is 2. The van der Waals surface area contributed by atoms with Crippen LogP contribution in [0.5, 0.6) is 5.75 Å². The molecule has 0 aliphatic carbocycles. The summed E-state index contributed by atoms with van der Waals surface area (Å²) in [6, 6.07) is 25.0. The molecule has 0 bridgehead atoms. The van der Waals surface area contributed by atoms with Crippen LogP contribution in [0.2, 0.25) is 0 Å². The Morgan fingerprint density at radius 2 is 1.72 bits per heavy atom. The molecule has 1 unspecified atom stereocenters. The third-order valence-corrected chi connectivity index (χ3v) is 7.60. The Balaban J connectivity index is 1.21. The summed E-state index contributed by atoms with van der Waals surface area (Å²) < 4.78 is 8.40. The van der Waals surface area contributed by atoms with Crippen molar-refractivity contribution in [2.75, 3.05) is 13.2 Å². The quantitative estimate of drug-likeness (QED) is 0.165. The molecule has 0 fully saturated rings. The lowest BCUT2D eigenvalue weighted by Gasteiger charge is -2.12. The van der Waals surface area contributed by atoms with Crippen molar-refractivity contribution in [3.63, 3.8) is 0 Å². The minimum Gasteiger partial charge on any atom is -0.494 e. The number of imidazole rings is 1. The van der Waals surface area contributed by atoms with Gasteiger partial charge in [0.05, 0.1) is 24.1 Å². The molecule has 39 heavy (non-hydrogen) atoms. The molecular weight excluding hydrogens is 482 g/mol. The summed E-state index contributed by atoms with van der Waals surface area (Å²) in [4.78, 5) is 17.2. The summed E-state index contributed by atoms with van der Waals surface area (Å²) in [5.41, 5.74) is 5.87. The number of nitrogens with one attached hydrogen (secondary N) is 1. The van der Waals surface area contributed by atoms with E-state index in [1.807, 2.05) is 18.2 Å². The van der Waals surface area contributed by atoms with Crippen LogP contribution in [0.15, 0.2) is 72.8 Å². The SMILES string of the molecule is CCC(C)c1ccc(OCCCn2c(CCCCCNC(=O)Cc3ccccc3C)nc3ccccc32)cc1. The lowest BCUT2D eigenvalue weighted by Crippen LogP contribution is -2.26. The van der Waals surface area contributed by atoms with Crippen LogP contribution < -0.4 is 10.1 Å². The Morgan fingerprint density at radius 3 is 2.51 bits per heavy atom. The summed E-state index contributed by atoms with van der Waals surface area (Å²) in [6.45, 7) is 8.81. The molecule has 3 aromatic carbocycles. The molecule has 1 atom stereocenters. The van der Waals surface area contributed by atoms with E-state index < -0.39 is 0 Å². The first-order valence-corrected chi connectivity index (χ1v) is 14.5. The van der Waals surface area contributed by atoms with Gasteiger partial charge < -0.3 is 14.6 Å². The van der Waals surface area contributed by atoms with Gasteiger partial charge in [-0.25, -0.2) is 4.98 Å². The Labute approximate surface area is 233 Å². The Hall–Kier alpha value is -3.60. The number of amides is 1. The van der Waals surface area contributed by atoms with E-state index in [4.69, 9.17) is 9.72 Å². The fourth-order valence-electron chi connectivity index (χ4n) is 4.96. The van der Waals surface area contributed by atoms with Gasteiger partial charge in [-0.15, -0.1) is 0 Å². The number of carbonyl (C=O) groups excluding carboxylic acids is 1. The molecule has 5 nitrogen and oxygen atoms in total. The Bertz CT molecular complexity index is 1330. The van der Waals surface area contributed by atoms with Gasteiger partial charge in [0.15, 0.2) is 0 Å². The van der Waals surface area contributed by atoms with Gasteiger partial charge in [0.2, 0.25) is 5.91 Å². The maximum Gasteiger partial charge on any atom is 0.224 e. The van der Waals surface area contributed by atoms with E-state index >= 15 is 0 Å². The normalized spacial score (nSPS) is 12.0. The molecule has 0 aliphatic rings. The van der Waals surface area contributed by atoms with Gasteiger partial charge in [0, 0.05) is 19.5 Å². The predicted molar refractivity (Wildman–Crippen MR) is 160 cm³/mol. The highest BCUT2D eigenvalue weighted by Gasteiger charge is 2.11. The molecule has 1 amide bonds. The topological polar surface area (TPSA) is 56.1 Å². The average molecular weight is 526 g/mol. The first-order valence-electron chi connectivity index (χ1n) is 14.5. The van der Waals surface area contributed by atoms with Crippen LogP contribution in [-0.2, 0) is 24.2 Å². The third kappa shape index (κ3) is 8.19. The number of fused-ring (bicyclic) bond motifs is 1. The molecule has 0 saturated heterocycles. The van der Waals surface area contributed by atoms with Crippen molar-refractivity contribution in [1.82, 2.24) is 14.9 Å². The zero-order valence-electron chi connectivity index (χ0n) is 23.8. The van der Waals surface area contributed by atoms with Gasteiger partial charge in [-0.05, 0) is 79.5 Å². The van der Waals surface area contributed by atoms with Gasteiger partial charge >= 0.3 is 0 Å². The number of aryl methyl sites for hydroxylation is 3. The summed E-state index contributed by atoms with van der Waals surface area (Å²) >= 11 is 0. The highest BCUT2D eigenvalue weighted by molar-refractivity contribution is 5.78. The molecule has 0 saturated carbocycles. The van der Waals surface area contributed by atoms with Crippen LogP contribution in [0.1, 0.15) is 74.4 Å². The molecule has 1 aromatic heterocycles. The number of benzene rings is 3. The van der Waals surface area contributed by atoms with Gasteiger partial charge in [-0.1, -0.05) is 68.8 Å². The van der Waals surface area contributed by atoms with Crippen molar-refractivity contribution in [2.24, 2.45) is 0 Å². The van der Waals surface area contributed by atoms with E-state index in [-0.39, 0.29) is 5.91 Å². The third-order valence-electron chi connectivity index (χ3n) is 7.60. The standard InChI is InChI=1S/C34H43N3O2/c1-4-26(2)28-18-20-30(21-19-28)39-24-12-23-37-32-16-10-9-15-31(32)36-33(37)17-6-5-11-22-35-34(38)25-29-14-8-7-13-27(29)3/h7-10,13-16,18-21,26H,4-6,11-12,17,22-25H2,1-3H3,(H,35,38). The number of rotatable bonds is 15. The smallest absolute Gasteiger partial charge is 0.224 e. The van der Waals surface area contributed by atoms with Crippen LogP contribution in [0, 0.1) is 6.92 Å². The first kappa shape index (κ1) is 28.4. The van der Waals surface area contributed by atoms with Crippen LogP contribution in [0.4, 0.5) is 0 Å². The van der Waals surface area contributed by atoms with Crippen LogP contribution in [0.25, 0.3) is 11.0 Å². The summed E-state index contributed by atoms with van der Waals surface area (Å²) in [5.74, 6) is 2.75. The zero-order chi connectivity index (χ0) is 27.5. The zero-order valence-corrected chi connectivity index (χ0v) is 23.8. The molecule has 4 rings (SSSR count). The lowest BCUT2D eigenvalue weighted by atomic mass is 9.99. The van der Waals surface area contributed by atoms with Gasteiger partial charge in [-0.2, -0.15) is 0 Å². The average Bonchev–Trinajstić information content (AvgIpc) is 3.31. The van der Waals surface area contributed by atoms with Crippen molar-refractivity contribution < 1.29 is 9.53 Å². The number of hydrogen-bond acceptors (Lipinski definition) is 3. The highest BCUT2D eigenvalue weighted by Crippen LogP contribution is 2.22. The van der Waals surface area contributed by atoms with Crippen molar-refractivity contribution in [1.29, 1.82) is 0 Å². The summed E-state index contributed by atoms with van der Waals surface area (Å²) in [7, 11) is 0. The molecule has 0 radical (unpaired) electrons. The molecule has 0 spiro atoms. The van der Waals surface area contributed by atoms with E-state index in [1.54, 1.807) is 0 Å². The van der Waals surface area contributed by atoms with Crippen LogP contribution in [-0.4, -0.2) is 28.6 Å². The number of para-hydroxylation sites is 2.